The van der Waals surface area contributed by atoms with Crippen LogP contribution in [0.4, 0.5) is 5.69 Å². The van der Waals surface area contributed by atoms with Gasteiger partial charge in [-0.2, -0.15) is 0 Å². The Labute approximate surface area is 232 Å². The molecule has 0 unspecified atom stereocenters. The number of nitrogens with one attached hydrogen (secondary N) is 3. The van der Waals surface area contributed by atoms with Crippen LogP contribution in [0.15, 0.2) is 71.2 Å². The Balaban J connectivity index is 1.52. The molecule has 3 rings (SSSR count). The molecule has 0 spiro atoms. The molecule has 0 aromatic heterocycles. The third-order valence-electron chi connectivity index (χ3n) is 5.85. The highest BCUT2D eigenvalue weighted by Gasteiger charge is 2.15. The number of amides is 3. The van der Waals surface area contributed by atoms with Crippen molar-refractivity contribution in [1.29, 1.82) is 0 Å². The summed E-state index contributed by atoms with van der Waals surface area (Å²) in [6, 6.07) is 18.9. The normalized spacial score (nSPS) is 11.1. The molecule has 8 heteroatoms. The summed E-state index contributed by atoms with van der Waals surface area (Å²) in [6.45, 7) is 11.2. The van der Waals surface area contributed by atoms with Gasteiger partial charge < -0.3 is 10.1 Å². The second-order valence-corrected chi connectivity index (χ2v) is 11.3. The number of hydrogen-bond acceptors (Lipinski definition) is 4. The lowest BCUT2D eigenvalue weighted by Crippen LogP contribution is -2.41. The van der Waals surface area contributed by atoms with E-state index < -0.39 is 11.8 Å². The van der Waals surface area contributed by atoms with Gasteiger partial charge in [-0.15, -0.1) is 0 Å². The van der Waals surface area contributed by atoms with Crippen LogP contribution >= 0.6 is 15.9 Å². The van der Waals surface area contributed by atoms with E-state index in [2.05, 4.69) is 66.7 Å². The van der Waals surface area contributed by atoms with Crippen molar-refractivity contribution in [3.63, 3.8) is 0 Å². The Hall–Kier alpha value is -3.65. The molecular weight excluding hydrogens is 546 g/mol. The van der Waals surface area contributed by atoms with Crippen LogP contribution in [0.3, 0.4) is 0 Å². The molecule has 0 aliphatic rings. The minimum absolute atomic E-state index is 0.00814. The van der Waals surface area contributed by atoms with Crippen LogP contribution in [0.5, 0.6) is 5.75 Å². The van der Waals surface area contributed by atoms with Crippen LogP contribution in [-0.4, -0.2) is 24.3 Å². The van der Waals surface area contributed by atoms with Crippen molar-refractivity contribution in [2.45, 2.75) is 46.5 Å². The van der Waals surface area contributed by atoms with Gasteiger partial charge in [0.2, 0.25) is 0 Å². The van der Waals surface area contributed by atoms with Gasteiger partial charge in [-0.25, -0.2) is 0 Å². The minimum atomic E-state index is -0.485. The summed E-state index contributed by atoms with van der Waals surface area (Å²) in [6.07, 6.45) is 0.930. The molecule has 0 bridgehead atoms. The second kappa shape index (κ2) is 12.7. The maximum absolute atomic E-state index is 12.6. The van der Waals surface area contributed by atoms with E-state index in [1.165, 1.54) is 0 Å². The molecule has 0 heterocycles. The summed E-state index contributed by atoms with van der Waals surface area (Å²) < 4.78 is 6.39. The number of carbonyl (C=O) groups excluding carboxylic acids is 3. The van der Waals surface area contributed by atoms with Gasteiger partial charge in [-0.1, -0.05) is 46.8 Å². The molecule has 200 valence electrons. The van der Waals surface area contributed by atoms with Crippen LogP contribution in [0.1, 0.15) is 77.7 Å². The molecule has 3 amide bonds. The molecule has 0 fully saturated rings. The van der Waals surface area contributed by atoms with Crippen molar-refractivity contribution in [2.24, 2.45) is 5.92 Å². The standard InChI is InChI=1S/C30H34BrN3O4/c1-19(2)16-17-38-26-15-10-22(18-25(26)31)29(37)34-33-28(36)21-8-13-24(14-9-21)32-27(35)20-6-11-23(12-7-20)30(3,4)5/h6-15,18-19H,16-17H2,1-5H3,(H,32,35)(H,33,36)(H,34,37). The fourth-order valence-corrected chi connectivity index (χ4v) is 3.94. The van der Waals surface area contributed by atoms with Gasteiger partial charge in [0.05, 0.1) is 11.1 Å². The minimum Gasteiger partial charge on any atom is -0.492 e. The van der Waals surface area contributed by atoms with Gasteiger partial charge in [-0.3, -0.25) is 25.2 Å². The Kier molecular flexibility index (Phi) is 9.69. The first-order chi connectivity index (χ1) is 17.9. The first-order valence-corrected chi connectivity index (χ1v) is 13.3. The highest BCUT2D eigenvalue weighted by molar-refractivity contribution is 9.10. The second-order valence-electron chi connectivity index (χ2n) is 10.4. The summed E-state index contributed by atoms with van der Waals surface area (Å²) >= 11 is 3.43. The number of anilines is 1. The van der Waals surface area contributed by atoms with E-state index in [1.54, 1.807) is 54.6 Å². The lowest BCUT2D eigenvalue weighted by atomic mass is 9.87. The Morgan fingerprint density at radius 2 is 1.32 bits per heavy atom. The average Bonchev–Trinajstić information content (AvgIpc) is 2.87. The number of hydrazine groups is 1. The Bertz CT molecular complexity index is 1280. The molecule has 0 aliphatic carbocycles. The third kappa shape index (κ3) is 8.18. The number of hydrogen-bond donors (Lipinski definition) is 3. The van der Waals surface area contributed by atoms with Crippen LogP contribution in [0, 0.1) is 5.92 Å². The lowest BCUT2D eigenvalue weighted by molar-refractivity contribution is 0.0846. The molecule has 7 nitrogen and oxygen atoms in total. The quantitative estimate of drug-likeness (QED) is 0.265. The molecule has 0 radical (unpaired) electrons. The van der Waals surface area contributed by atoms with Gasteiger partial charge in [0.15, 0.2) is 0 Å². The van der Waals surface area contributed by atoms with Crippen LogP contribution in [0.25, 0.3) is 0 Å². The van der Waals surface area contributed by atoms with Crippen molar-refractivity contribution in [3.05, 3.63) is 93.5 Å². The Morgan fingerprint density at radius 1 is 0.789 bits per heavy atom. The van der Waals surface area contributed by atoms with Crippen molar-refractivity contribution in [3.8, 4) is 5.75 Å². The average molecular weight is 581 g/mol. The van der Waals surface area contributed by atoms with Gasteiger partial charge in [-0.05, 0) is 93.8 Å². The molecule has 0 aliphatic heterocycles. The van der Waals surface area contributed by atoms with Gasteiger partial charge in [0.1, 0.15) is 5.75 Å². The zero-order valence-electron chi connectivity index (χ0n) is 22.4. The van der Waals surface area contributed by atoms with E-state index in [0.29, 0.717) is 45.1 Å². The van der Waals surface area contributed by atoms with Gasteiger partial charge in [0.25, 0.3) is 17.7 Å². The maximum Gasteiger partial charge on any atom is 0.269 e. The maximum atomic E-state index is 12.6. The number of ether oxygens (including phenoxy) is 1. The molecule has 0 atom stereocenters. The van der Waals surface area contributed by atoms with E-state index >= 15 is 0 Å². The van der Waals surface area contributed by atoms with E-state index in [-0.39, 0.29) is 11.3 Å². The highest BCUT2D eigenvalue weighted by atomic mass is 79.9. The predicted molar refractivity (Wildman–Crippen MR) is 154 cm³/mol. The van der Waals surface area contributed by atoms with E-state index in [1.807, 2.05) is 12.1 Å². The fourth-order valence-electron chi connectivity index (χ4n) is 3.45. The Morgan fingerprint density at radius 3 is 1.87 bits per heavy atom. The lowest BCUT2D eigenvalue weighted by Gasteiger charge is -2.19. The van der Waals surface area contributed by atoms with Crippen molar-refractivity contribution in [2.75, 3.05) is 11.9 Å². The predicted octanol–water partition coefficient (Wildman–Crippen LogP) is 6.50. The van der Waals surface area contributed by atoms with Crippen molar-refractivity contribution in [1.82, 2.24) is 10.9 Å². The third-order valence-corrected chi connectivity index (χ3v) is 6.47. The molecule has 38 heavy (non-hydrogen) atoms. The molecule has 0 saturated heterocycles. The fraction of sp³-hybridized carbons (Fsp3) is 0.300. The topological polar surface area (TPSA) is 96.5 Å². The summed E-state index contributed by atoms with van der Waals surface area (Å²) in [5.74, 6) is 0.00227. The van der Waals surface area contributed by atoms with Crippen LogP contribution < -0.4 is 20.9 Å². The first kappa shape index (κ1) is 28.9. The highest BCUT2D eigenvalue weighted by Crippen LogP contribution is 2.26. The number of benzene rings is 3. The smallest absolute Gasteiger partial charge is 0.269 e. The zero-order valence-corrected chi connectivity index (χ0v) is 23.9. The molecule has 3 aromatic rings. The first-order valence-electron chi connectivity index (χ1n) is 12.5. The molecule has 3 N–H and O–H groups in total. The molecule has 3 aromatic carbocycles. The summed E-state index contributed by atoms with van der Waals surface area (Å²) in [7, 11) is 0. The van der Waals surface area contributed by atoms with E-state index in [9.17, 15) is 14.4 Å². The zero-order chi connectivity index (χ0) is 27.9. The van der Waals surface area contributed by atoms with Gasteiger partial charge >= 0.3 is 0 Å². The summed E-state index contributed by atoms with van der Waals surface area (Å²) in [4.78, 5) is 37.6. The van der Waals surface area contributed by atoms with E-state index in [0.717, 1.165) is 12.0 Å². The van der Waals surface area contributed by atoms with Crippen molar-refractivity contribution < 1.29 is 19.1 Å². The van der Waals surface area contributed by atoms with Crippen molar-refractivity contribution >= 4 is 39.3 Å². The number of carbonyl (C=O) groups is 3. The monoisotopic (exact) mass is 579 g/mol. The van der Waals surface area contributed by atoms with Crippen LogP contribution in [0.2, 0.25) is 0 Å². The summed E-state index contributed by atoms with van der Waals surface area (Å²) in [5.41, 5.74) is 7.77. The SMILES string of the molecule is CC(C)CCOc1ccc(C(=O)NNC(=O)c2ccc(NC(=O)c3ccc(C(C)(C)C)cc3)cc2)cc1Br. The van der Waals surface area contributed by atoms with Gasteiger partial charge in [0, 0.05) is 22.4 Å². The number of halogens is 1. The largest absolute Gasteiger partial charge is 0.492 e. The number of rotatable bonds is 8. The van der Waals surface area contributed by atoms with Crippen LogP contribution in [-0.2, 0) is 5.41 Å². The van der Waals surface area contributed by atoms with E-state index in [4.69, 9.17) is 4.74 Å². The summed E-state index contributed by atoms with van der Waals surface area (Å²) in [5, 5.41) is 2.83. The molecular formula is C30H34BrN3O4. The molecule has 0 saturated carbocycles.